The second-order valence-electron chi connectivity index (χ2n) is 5.75. The van der Waals surface area contributed by atoms with E-state index >= 15 is 0 Å². The van der Waals surface area contributed by atoms with Crippen molar-refractivity contribution in [3.05, 3.63) is 27.2 Å². The van der Waals surface area contributed by atoms with Crippen LogP contribution in [-0.4, -0.2) is 43.2 Å². The van der Waals surface area contributed by atoms with Crippen LogP contribution in [0.3, 0.4) is 0 Å². The summed E-state index contributed by atoms with van der Waals surface area (Å²) in [7, 11) is 2.84. The lowest BCUT2D eigenvalue weighted by Crippen LogP contribution is -2.37. The minimum atomic E-state index is -0.670. The van der Waals surface area contributed by atoms with Crippen LogP contribution in [-0.2, 0) is 35.0 Å². The predicted octanol–water partition coefficient (Wildman–Crippen LogP) is -1.74. The predicted molar refractivity (Wildman–Crippen MR) is 82.3 cm³/mol. The highest BCUT2D eigenvalue weighted by Crippen LogP contribution is 2.18. The Balaban J connectivity index is 1.75. The Bertz CT molecular complexity index is 933. The number of imidazole rings is 1. The number of nitrogens with zero attached hydrogens (tertiary/aromatic N) is 4. The van der Waals surface area contributed by atoms with Crippen LogP contribution in [0.15, 0.2) is 15.9 Å². The summed E-state index contributed by atoms with van der Waals surface area (Å²) >= 11 is 0. The normalized spacial score (nSPS) is 13.9. The molecule has 128 valence electrons. The van der Waals surface area contributed by atoms with Crippen LogP contribution in [0.25, 0.3) is 11.2 Å². The average Bonchev–Trinajstić information content (AvgIpc) is 3.26. The Morgan fingerprint density at radius 2 is 2.00 bits per heavy atom. The van der Waals surface area contributed by atoms with Crippen molar-refractivity contribution in [2.45, 2.75) is 25.4 Å². The van der Waals surface area contributed by atoms with E-state index in [9.17, 15) is 19.2 Å². The Morgan fingerprint density at radius 1 is 1.29 bits per heavy atom. The monoisotopic (exact) mass is 335 g/mol. The third-order valence-corrected chi connectivity index (χ3v) is 3.82. The molecule has 1 fully saturated rings. The molecule has 0 aliphatic heterocycles. The number of esters is 1. The van der Waals surface area contributed by atoms with Gasteiger partial charge in [0.05, 0.1) is 6.33 Å². The fourth-order valence-corrected chi connectivity index (χ4v) is 2.34. The lowest BCUT2D eigenvalue weighted by molar-refractivity contribution is -0.149. The first-order valence-electron chi connectivity index (χ1n) is 7.44. The van der Waals surface area contributed by atoms with Gasteiger partial charge in [0.1, 0.15) is 6.54 Å². The molecule has 2 aromatic heterocycles. The molecule has 0 bridgehead atoms. The van der Waals surface area contributed by atoms with Crippen molar-refractivity contribution in [1.29, 1.82) is 0 Å². The number of hydrogen-bond donors (Lipinski definition) is 1. The molecule has 0 spiro atoms. The number of nitrogens with one attached hydrogen (secondary N) is 1. The largest absolute Gasteiger partial charge is 0.454 e. The molecule has 0 saturated heterocycles. The maximum atomic E-state index is 12.2. The topological polar surface area (TPSA) is 117 Å². The summed E-state index contributed by atoms with van der Waals surface area (Å²) in [4.78, 5) is 51.5. The molecule has 0 unspecified atom stereocenters. The van der Waals surface area contributed by atoms with Crippen molar-refractivity contribution in [2.75, 3.05) is 6.61 Å². The fraction of sp³-hybridized carbons (Fsp3) is 0.500. The molecule has 2 aromatic rings. The zero-order valence-electron chi connectivity index (χ0n) is 13.3. The highest BCUT2D eigenvalue weighted by molar-refractivity contribution is 5.81. The fourth-order valence-electron chi connectivity index (χ4n) is 2.34. The number of carbonyl (C=O) groups excluding carboxylic acids is 2. The van der Waals surface area contributed by atoms with Gasteiger partial charge in [0.2, 0.25) is 0 Å². The molecule has 3 rings (SSSR count). The van der Waals surface area contributed by atoms with E-state index in [1.54, 1.807) is 0 Å². The molecular weight excluding hydrogens is 318 g/mol. The lowest BCUT2D eigenvalue weighted by atomic mass is 10.5. The molecule has 1 aliphatic rings. The van der Waals surface area contributed by atoms with Crippen LogP contribution < -0.4 is 16.6 Å². The molecule has 0 aromatic carbocycles. The minimum Gasteiger partial charge on any atom is -0.454 e. The van der Waals surface area contributed by atoms with E-state index in [4.69, 9.17) is 4.74 Å². The summed E-state index contributed by atoms with van der Waals surface area (Å²) in [5.41, 5.74) is -0.747. The second kappa shape index (κ2) is 5.95. The Hall–Kier alpha value is -2.91. The van der Waals surface area contributed by atoms with Gasteiger partial charge in [-0.25, -0.2) is 9.78 Å². The van der Waals surface area contributed by atoms with E-state index in [-0.39, 0.29) is 36.3 Å². The minimum absolute atomic E-state index is 0.124. The van der Waals surface area contributed by atoms with Crippen molar-refractivity contribution < 1.29 is 14.3 Å². The van der Waals surface area contributed by atoms with Crippen LogP contribution in [0.4, 0.5) is 0 Å². The molecular formula is C14H17N5O5. The number of ether oxygens (including phenoxy) is 1. The number of hydrogen-bond acceptors (Lipinski definition) is 6. The summed E-state index contributed by atoms with van der Waals surface area (Å²) < 4.78 is 8.37. The first-order valence-corrected chi connectivity index (χ1v) is 7.44. The van der Waals surface area contributed by atoms with Gasteiger partial charge in [0.15, 0.2) is 17.8 Å². The summed E-state index contributed by atoms with van der Waals surface area (Å²) in [5.74, 6) is -1.02. The number of aromatic nitrogens is 4. The summed E-state index contributed by atoms with van der Waals surface area (Å²) in [6.45, 7) is -0.640. The SMILES string of the molecule is Cn1c(=O)c2c(ncn2CC(=O)OCC(=O)NC2CC2)n(C)c1=O. The first kappa shape index (κ1) is 16.0. The number of carbonyl (C=O) groups is 2. The Morgan fingerprint density at radius 3 is 2.67 bits per heavy atom. The third kappa shape index (κ3) is 2.94. The van der Waals surface area contributed by atoms with Gasteiger partial charge < -0.3 is 14.6 Å². The number of rotatable bonds is 5. The Kier molecular flexibility index (Phi) is 3.96. The number of fused-ring (bicyclic) bond motifs is 1. The summed E-state index contributed by atoms with van der Waals surface area (Å²) in [5, 5.41) is 2.70. The van der Waals surface area contributed by atoms with Gasteiger partial charge in [0, 0.05) is 20.1 Å². The zero-order chi connectivity index (χ0) is 17.4. The molecule has 10 nitrogen and oxygen atoms in total. The quantitative estimate of drug-likeness (QED) is 0.648. The van der Waals surface area contributed by atoms with Crippen molar-refractivity contribution in [2.24, 2.45) is 14.1 Å². The molecule has 1 amide bonds. The average molecular weight is 335 g/mol. The molecule has 1 aliphatic carbocycles. The molecule has 0 radical (unpaired) electrons. The van der Waals surface area contributed by atoms with E-state index in [0.717, 1.165) is 17.4 Å². The summed E-state index contributed by atoms with van der Waals surface area (Å²) in [6, 6.07) is 0.193. The van der Waals surface area contributed by atoms with Crippen LogP contribution in [0, 0.1) is 0 Å². The van der Waals surface area contributed by atoms with Crippen molar-refractivity contribution in [1.82, 2.24) is 24.0 Å². The molecule has 0 atom stereocenters. The van der Waals surface area contributed by atoms with E-state index in [2.05, 4.69) is 10.3 Å². The van der Waals surface area contributed by atoms with E-state index in [1.807, 2.05) is 0 Å². The van der Waals surface area contributed by atoms with Gasteiger partial charge in [-0.2, -0.15) is 0 Å². The Labute approximate surface area is 135 Å². The van der Waals surface area contributed by atoms with Crippen LogP contribution in [0.5, 0.6) is 0 Å². The smallest absolute Gasteiger partial charge is 0.332 e. The maximum absolute atomic E-state index is 12.2. The zero-order valence-corrected chi connectivity index (χ0v) is 13.3. The van der Waals surface area contributed by atoms with Gasteiger partial charge in [-0.3, -0.25) is 23.5 Å². The molecule has 10 heteroatoms. The first-order chi connectivity index (χ1) is 11.4. The molecule has 1 N–H and O–H groups in total. The van der Waals surface area contributed by atoms with Crippen molar-refractivity contribution in [3.8, 4) is 0 Å². The summed E-state index contributed by atoms with van der Waals surface area (Å²) in [6.07, 6.45) is 3.18. The van der Waals surface area contributed by atoms with Gasteiger partial charge in [-0.1, -0.05) is 0 Å². The molecule has 1 saturated carbocycles. The molecule has 24 heavy (non-hydrogen) atoms. The third-order valence-electron chi connectivity index (χ3n) is 3.82. The van der Waals surface area contributed by atoms with Crippen molar-refractivity contribution >= 4 is 23.0 Å². The van der Waals surface area contributed by atoms with Crippen LogP contribution >= 0.6 is 0 Å². The van der Waals surface area contributed by atoms with E-state index in [1.165, 1.54) is 29.6 Å². The highest BCUT2D eigenvalue weighted by Gasteiger charge is 2.23. The van der Waals surface area contributed by atoms with E-state index in [0.29, 0.717) is 0 Å². The van der Waals surface area contributed by atoms with Crippen LogP contribution in [0.1, 0.15) is 12.8 Å². The lowest BCUT2D eigenvalue weighted by Gasteiger charge is -2.07. The van der Waals surface area contributed by atoms with Gasteiger partial charge >= 0.3 is 11.7 Å². The number of aryl methyl sites for hydroxylation is 1. The highest BCUT2D eigenvalue weighted by atomic mass is 16.5. The number of amides is 1. The molecule has 2 heterocycles. The van der Waals surface area contributed by atoms with Crippen LogP contribution in [0.2, 0.25) is 0 Å². The second-order valence-corrected chi connectivity index (χ2v) is 5.75. The van der Waals surface area contributed by atoms with Crippen molar-refractivity contribution in [3.63, 3.8) is 0 Å². The van der Waals surface area contributed by atoms with E-state index < -0.39 is 17.2 Å². The van der Waals surface area contributed by atoms with Gasteiger partial charge in [0.25, 0.3) is 11.5 Å². The van der Waals surface area contributed by atoms with Gasteiger partial charge in [-0.05, 0) is 12.8 Å². The van der Waals surface area contributed by atoms with Gasteiger partial charge in [-0.15, -0.1) is 0 Å². The maximum Gasteiger partial charge on any atom is 0.332 e. The standard InChI is InChI=1S/C14H17N5O5/c1-17-12-11(13(22)18(2)14(17)23)19(7-15-12)5-10(21)24-6-9(20)16-8-3-4-8/h7-8H,3-6H2,1-2H3,(H,16,20).